The molecule has 4 atom stereocenters. The third kappa shape index (κ3) is 3.54. The standard InChI is InChI=1S/C24H27N7O4/c1-25-21-8-17(14-9-26-22-13(14)4-3-7-30(22)18-11-35-12-19(18)32)28-23-15(10-27-31(21)23)24(33)29-16-5-6-20(16)34-2/h3-4,7-10,16,18-20,25,32H,5-6,11-12H2,1-2H3,(H,29,33)/t16?,18-,19-,20-/m1/s1. The Morgan fingerprint density at radius 3 is 2.86 bits per heavy atom. The zero-order valence-corrected chi connectivity index (χ0v) is 19.5. The fourth-order valence-electron chi connectivity index (χ4n) is 4.93. The number of aliphatic hydroxyl groups excluding tert-OH is 1. The number of fused-ring (bicyclic) bond motifs is 2. The highest BCUT2D eigenvalue weighted by Crippen LogP contribution is 2.36. The van der Waals surface area contributed by atoms with E-state index in [0.29, 0.717) is 35.9 Å². The lowest BCUT2D eigenvalue weighted by atomic mass is 9.89. The summed E-state index contributed by atoms with van der Waals surface area (Å²) >= 11 is 0. The van der Waals surface area contributed by atoms with Gasteiger partial charge in [0, 0.05) is 43.7 Å². The minimum absolute atomic E-state index is 0.0111. The number of methoxy groups -OCH3 is 1. The van der Waals surface area contributed by atoms with Crippen LogP contribution in [0.5, 0.6) is 0 Å². The van der Waals surface area contributed by atoms with E-state index in [1.54, 1.807) is 31.1 Å². The van der Waals surface area contributed by atoms with Crippen molar-refractivity contribution in [2.75, 3.05) is 32.7 Å². The number of pyridine rings is 1. The normalized spacial score (nSPS) is 24.1. The molecule has 11 nitrogen and oxygen atoms in total. The minimum Gasteiger partial charge on any atom is -0.388 e. The molecule has 35 heavy (non-hydrogen) atoms. The number of hydrogen-bond acceptors (Lipinski definition) is 8. The zero-order chi connectivity index (χ0) is 24.1. The third-order valence-electron chi connectivity index (χ3n) is 7.06. The van der Waals surface area contributed by atoms with E-state index < -0.39 is 6.10 Å². The van der Waals surface area contributed by atoms with Crippen molar-refractivity contribution in [1.29, 1.82) is 0 Å². The van der Waals surface area contributed by atoms with E-state index in [2.05, 4.69) is 20.7 Å². The first kappa shape index (κ1) is 22.0. The number of hydrogen-bond donors (Lipinski definition) is 3. The van der Waals surface area contributed by atoms with Crippen LogP contribution in [-0.2, 0) is 9.47 Å². The maximum atomic E-state index is 13.1. The molecule has 1 aliphatic carbocycles. The lowest BCUT2D eigenvalue weighted by Crippen LogP contribution is -2.51. The molecule has 0 bridgehead atoms. The number of rotatable bonds is 6. The van der Waals surface area contributed by atoms with Gasteiger partial charge in [-0.15, -0.1) is 0 Å². The molecule has 3 N–H and O–H groups in total. The summed E-state index contributed by atoms with van der Waals surface area (Å²) in [7, 11) is 3.46. The van der Waals surface area contributed by atoms with Crippen LogP contribution in [0, 0.1) is 0 Å². The molecule has 3 aliphatic heterocycles. The average Bonchev–Trinajstić information content (AvgIpc) is 3.59. The Morgan fingerprint density at radius 1 is 1.26 bits per heavy atom. The minimum atomic E-state index is -0.586. The van der Waals surface area contributed by atoms with Gasteiger partial charge in [0.1, 0.15) is 23.3 Å². The molecular formula is C24H27N7O4. The largest absolute Gasteiger partial charge is 0.388 e. The predicted molar refractivity (Wildman–Crippen MR) is 128 cm³/mol. The summed E-state index contributed by atoms with van der Waals surface area (Å²) in [6.45, 7) is 0.740. The molecule has 2 fully saturated rings. The van der Waals surface area contributed by atoms with Crippen molar-refractivity contribution in [2.45, 2.75) is 37.1 Å². The molecule has 1 saturated heterocycles. The van der Waals surface area contributed by atoms with Crippen molar-refractivity contribution in [2.24, 2.45) is 0 Å². The first-order valence-electron chi connectivity index (χ1n) is 11.7. The molecule has 5 heterocycles. The smallest absolute Gasteiger partial charge is 0.257 e. The Labute approximate surface area is 201 Å². The fraction of sp³-hybridized carbons (Fsp3) is 0.417. The Kier molecular flexibility index (Phi) is 5.39. The van der Waals surface area contributed by atoms with Crippen LogP contribution in [0.1, 0.15) is 29.2 Å². The van der Waals surface area contributed by atoms with Gasteiger partial charge < -0.3 is 29.8 Å². The number of nitrogens with zero attached hydrogens (tertiary/aromatic N) is 5. The summed E-state index contributed by atoms with van der Waals surface area (Å²) < 4.78 is 14.4. The fourth-order valence-corrected chi connectivity index (χ4v) is 4.93. The molecule has 0 spiro atoms. The van der Waals surface area contributed by atoms with E-state index in [4.69, 9.17) is 14.5 Å². The Bertz CT molecular complexity index is 1360. The second-order valence-corrected chi connectivity index (χ2v) is 9.00. The first-order chi connectivity index (χ1) is 17.1. The number of ether oxygens (including phenoxy) is 2. The second-order valence-electron chi connectivity index (χ2n) is 9.00. The molecule has 0 aromatic carbocycles. The number of aliphatic hydroxyl groups is 1. The number of aromatic nitrogens is 5. The van der Waals surface area contributed by atoms with Crippen LogP contribution in [0.15, 0.2) is 36.8 Å². The van der Waals surface area contributed by atoms with Crippen molar-refractivity contribution in [3.8, 4) is 22.6 Å². The predicted octanol–water partition coefficient (Wildman–Crippen LogP) is 1.58. The zero-order valence-electron chi connectivity index (χ0n) is 19.5. The molecule has 1 saturated carbocycles. The van der Waals surface area contributed by atoms with E-state index in [0.717, 1.165) is 29.8 Å². The summed E-state index contributed by atoms with van der Waals surface area (Å²) in [4.78, 5) is 22.6. The van der Waals surface area contributed by atoms with Gasteiger partial charge in [0.15, 0.2) is 5.65 Å². The quantitative estimate of drug-likeness (QED) is 0.382. The summed E-state index contributed by atoms with van der Waals surface area (Å²) in [5.74, 6) is 1.21. The molecule has 6 rings (SSSR count). The topological polar surface area (TPSA) is 128 Å². The average molecular weight is 478 g/mol. The van der Waals surface area contributed by atoms with Gasteiger partial charge in [-0.25, -0.2) is 9.97 Å². The molecule has 0 radical (unpaired) electrons. The number of amides is 1. The molecular weight excluding hydrogens is 450 g/mol. The van der Waals surface area contributed by atoms with E-state index in [1.807, 2.05) is 29.0 Å². The Hall–Kier alpha value is -3.54. The maximum Gasteiger partial charge on any atom is 0.257 e. The van der Waals surface area contributed by atoms with Crippen molar-refractivity contribution in [1.82, 2.24) is 29.5 Å². The first-order valence-corrected chi connectivity index (χ1v) is 11.7. The van der Waals surface area contributed by atoms with Crippen LogP contribution in [0.25, 0.3) is 28.3 Å². The third-order valence-corrected chi connectivity index (χ3v) is 7.06. The van der Waals surface area contributed by atoms with Gasteiger partial charge in [-0.05, 0) is 25.0 Å². The molecule has 1 unspecified atom stereocenters. The van der Waals surface area contributed by atoms with Crippen molar-refractivity contribution in [3.63, 3.8) is 0 Å². The number of anilines is 1. The molecule has 2 aromatic heterocycles. The lowest BCUT2D eigenvalue weighted by Gasteiger charge is -2.35. The molecule has 182 valence electrons. The highest BCUT2D eigenvalue weighted by Gasteiger charge is 2.33. The number of nitrogens with one attached hydrogen (secondary N) is 2. The van der Waals surface area contributed by atoms with Crippen LogP contribution in [0.2, 0.25) is 0 Å². The molecule has 2 aromatic rings. The monoisotopic (exact) mass is 477 g/mol. The SMILES string of the molecule is CNc1cc(-c2cnc3n([C@@H]4COC[C@H]4O)cccc2-3)nc2c(C(=O)NC3CC[C@H]3OC)cnn12. The Balaban J connectivity index is 1.39. The van der Waals surface area contributed by atoms with Crippen LogP contribution in [0.4, 0.5) is 5.82 Å². The van der Waals surface area contributed by atoms with Crippen molar-refractivity contribution in [3.05, 3.63) is 42.4 Å². The van der Waals surface area contributed by atoms with Crippen LogP contribution >= 0.6 is 0 Å². The van der Waals surface area contributed by atoms with Crippen LogP contribution in [-0.4, -0.2) is 80.8 Å². The van der Waals surface area contributed by atoms with E-state index in [9.17, 15) is 9.90 Å². The van der Waals surface area contributed by atoms with Crippen molar-refractivity contribution < 1.29 is 19.4 Å². The number of carbonyl (C=O) groups excluding carboxylic acids is 1. The summed E-state index contributed by atoms with van der Waals surface area (Å²) in [6.07, 6.45) is 6.49. The van der Waals surface area contributed by atoms with Gasteiger partial charge >= 0.3 is 0 Å². The van der Waals surface area contributed by atoms with Gasteiger partial charge in [-0.2, -0.15) is 9.61 Å². The van der Waals surface area contributed by atoms with Gasteiger partial charge in [0.2, 0.25) is 0 Å². The second kappa shape index (κ2) is 8.59. The van der Waals surface area contributed by atoms with Gasteiger partial charge in [0.05, 0.1) is 43.3 Å². The van der Waals surface area contributed by atoms with Crippen LogP contribution in [0.3, 0.4) is 0 Å². The van der Waals surface area contributed by atoms with Gasteiger partial charge in [0.25, 0.3) is 5.91 Å². The van der Waals surface area contributed by atoms with E-state index in [-0.39, 0.29) is 24.1 Å². The highest BCUT2D eigenvalue weighted by molar-refractivity contribution is 6.00. The molecule has 1 amide bonds. The van der Waals surface area contributed by atoms with Crippen molar-refractivity contribution >= 4 is 17.4 Å². The summed E-state index contributed by atoms with van der Waals surface area (Å²) in [6, 6.07) is 5.58. The summed E-state index contributed by atoms with van der Waals surface area (Å²) in [5.41, 5.74) is 3.24. The highest BCUT2D eigenvalue weighted by atomic mass is 16.5. The molecule has 11 heteroatoms. The maximum absolute atomic E-state index is 13.1. The van der Waals surface area contributed by atoms with Gasteiger partial charge in [-0.3, -0.25) is 4.79 Å². The summed E-state index contributed by atoms with van der Waals surface area (Å²) in [5, 5.41) is 20.9. The Morgan fingerprint density at radius 2 is 2.14 bits per heavy atom. The van der Waals surface area contributed by atoms with E-state index >= 15 is 0 Å². The van der Waals surface area contributed by atoms with E-state index in [1.165, 1.54) is 0 Å². The lowest BCUT2D eigenvalue weighted by molar-refractivity contribution is 0.00732. The molecule has 4 aliphatic rings. The number of carbonyl (C=O) groups is 1. The van der Waals surface area contributed by atoms with Gasteiger partial charge in [-0.1, -0.05) is 0 Å². The van der Waals surface area contributed by atoms with Crippen LogP contribution < -0.4 is 10.6 Å².